The summed E-state index contributed by atoms with van der Waals surface area (Å²) in [6, 6.07) is 6.76. The minimum atomic E-state index is -0.377. The zero-order chi connectivity index (χ0) is 12.1. The molecule has 0 radical (unpaired) electrons. The summed E-state index contributed by atoms with van der Waals surface area (Å²) >= 11 is 3.26. The molecule has 0 aromatic heterocycles. The second-order valence-electron chi connectivity index (χ2n) is 3.07. The Labute approximate surface area is 101 Å². The first-order valence-electron chi connectivity index (χ1n) is 4.43. The van der Waals surface area contributed by atoms with Crippen molar-refractivity contribution in [3.63, 3.8) is 0 Å². The van der Waals surface area contributed by atoms with E-state index in [-0.39, 0.29) is 17.1 Å². The fraction of sp³-hybridized carbons (Fsp3) is 0.0909. The third-order valence-electron chi connectivity index (χ3n) is 1.94. The predicted molar refractivity (Wildman–Crippen MR) is 64.7 cm³/mol. The molecule has 0 aliphatic carbocycles. The van der Waals surface area contributed by atoms with Crippen LogP contribution in [0.4, 0.5) is 0 Å². The van der Waals surface area contributed by atoms with Crippen LogP contribution in [-0.2, 0) is 4.79 Å². The lowest BCUT2D eigenvalue weighted by atomic mass is 10.1. The molecule has 0 unspecified atom stereocenters. The molecule has 0 aliphatic rings. The van der Waals surface area contributed by atoms with Gasteiger partial charge in [-0.15, -0.1) is 0 Å². The van der Waals surface area contributed by atoms with Gasteiger partial charge in [0.1, 0.15) is 5.76 Å². The molecule has 0 saturated heterocycles. The van der Waals surface area contributed by atoms with Gasteiger partial charge in [0.25, 0.3) is 0 Å². The summed E-state index contributed by atoms with van der Waals surface area (Å²) in [6.07, 6.45) is 0.916. The molecule has 0 spiro atoms. The van der Waals surface area contributed by atoms with Gasteiger partial charge >= 0.3 is 0 Å². The van der Waals surface area contributed by atoms with Crippen LogP contribution in [0.1, 0.15) is 12.5 Å². The number of oxime groups is 1. The summed E-state index contributed by atoms with van der Waals surface area (Å²) in [5.41, 5.74) is 0.443. The lowest BCUT2D eigenvalue weighted by molar-refractivity contribution is -0.113. The fourth-order valence-electron chi connectivity index (χ4n) is 1.14. The SMILES string of the molecule is CC(=O)C(C=NO)=C(O)c1ccc(Br)cc1. The number of carbonyl (C=O) groups excluding carboxylic acids is 1. The number of hydrogen-bond acceptors (Lipinski definition) is 4. The minimum absolute atomic E-state index is 0.0372. The first-order chi connectivity index (χ1) is 7.56. The van der Waals surface area contributed by atoms with Crippen molar-refractivity contribution in [2.75, 3.05) is 0 Å². The smallest absolute Gasteiger partial charge is 0.165 e. The normalized spacial score (nSPS) is 12.6. The molecular weight excluding hydrogens is 274 g/mol. The van der Waals surface area contributed by atoms with E-state index in [2.05, 4.69) is 21.1 Å². The zero-order valence-electron chi connectivity index (χ0n) is 8.51. The summed E-state index contributed by atoms with van der Waals surface area (Å²) in [5.74, 6) is -0.587. The van der Waals surface area contributed by atoms with E-state index in [9.17, 15) is 9.90 Å². The predicted octanol–water partition coefficient (Wildman–Crippen LogP) is 2.77. The van der Waals surface area contributed by atoms with Crippen molar-refractivity contribution in [1.82, 2.24) is 0 Å². The third kappa shape index (κ3) is 2.93. The van der Waals surface area contributed by atoms with E-state index < -0.39 is 0 Å². The van der Waals surface area contributed by atoms with Crippen molar-refractivity contribution in [2.45, 2.75) is 6.92 Å². The number of halogens is 1. The highest BCUT2D eigenvalue weighted by Gasteiger charge is 2.10. The molecule has 1 rings (SSSR count). The Bertz CT molecular complexity index is 449. The molecule has 2 N–H and O–H groups in total. The lowest BCUT2D eigenvalue weighted by Crippen LogP contribution is -2.02. The van der Waals surface area contributed by atoms with E-state index in [0.29, 0.717) is 5.56 Å². The number of aliphatic hydroxyl groups is 1. The van der Waals surface area contributed by atoms with Gasteiger partial charge < -0.3 is 10.3 Å². The molecule has 84 valence electrons. The van der Waals surface area contributed by atoms with E-state index >= 15 is 0 Å². The quantitative estimate of drug-likeness (QED) is 0.295. The van der Waals surface area contributed by atoms with Gasteiger partial charge in [0.15, 0.2) is 5.78 Å². The van der Waals surface area contributed by atoms with Crippen molar-refractivity contribution in [1.29, 1.82) is 0 Å². The van der Waals surface area contributed by atoms with Crippen LogP contribution in [0.2, 0.25) is 0 Å². The molecule has 1 aromatic rings. The number of nitrogens with zero attached hydrogens (tertiary/aromatic N) is 1. The summed E-state index contributed by atoms with van der Waals surface area (Å²) in [5, 5.41) is 21.0. The number of carbonyl (C=O) groups is 1. The van der Waals surface area contributed by atoms with Gasteiger partial charge in [0.05, 0.1) is 11.8 Å². The standard InChI is InChI=1S/C11H10BrNO3/c1-7(14)10(6-13-16)11(15)8-2-4-9(12)5-3-8/h2-6,15-16H,1H3. The van der Waals surface area contributed by atoms with Gasteiger partial charge in [-0.1, -0.05) is 33.2 Å². The molecule has 0 amide bonds. The summed E-state index contributed by atoms with van der Waals surface area (Å²) in [6.45, 7) is 1.28. The van der Waals surface area contributed by atoms with Gasteiger partial charge in [-0.3, -0.25) is 4.79 Å². The first-order valence-corrected chi connectivity index (χ1v) is 5.23. The van der Waals surface area contributed by atoms with Gasteiger partial charge in [-0.05, 0) is 19.1 Å². The van der Waals surface area contributed by atoms with Crippen LogP contribution in [0.15, 0.2) is 39.5 Å². The molecule has 0 fully saturated rings. The highest BCUT2D eigenvalue weighted by atomic mass is 79.9. The van der Waals surface area contributed by atoms with Crippen LogP contribution in [0.25, 0.3) is 5.76 Å². The van der Waals surface area contributed by atoms with Crippen molar-refractivity contribution in [2.24, 2.45) is 5.16 Å². The van der Waals surface area contributed by atoms with Crippen LogP contribution < -0.4 is 0 Å². The van der Waals surface area contributed by atoms with Crippen molar-refractivity contribution in [3.8, 4) is 0 Å². The summed E-state index contributed by atoms with van der Waals surface area (Å²) < 4.78 is 0.865. The van der Waals surface area contributed by atoms with Crippen LogP contribution in [-0.4, -0.2) is 22.3 Å². The Morgan fingerprint density at radius 3 is 2.38 bits per heavy atom. The second kappa shape index (κ2) is 5.46. The highest BCUT2D eigenvalue weighted by Crippen LogP contribution is 2.18. The maximum atomic E-state index is 11.2. The molecule has 16 heavy (non-hydrogen) atoms. The largest absolute Gasteiger partial charge is 0.507 e. The molecule has 0 heterocycles. The van der Waals surface area contributed by atoms with E-state index in [1.807, 2.05) is 0 Å². The van der Waals surface area contributed by atoms with E-state index in [4.69, 9.17) is 5.21 Å². The molecule has 0 aliphatic heterocycles. The topological polar surface area (TPSA) is 69.9 Å². The van der Waals surface area contributed by atoms with Crippen LogP contribution in [0, 0.1) is 0 Å². The fourth-order valence-corrected chi connectivity index (χ4v) is 1.40. The summed E-state index contributed by atoms with van der Waals surface area (Å²) in [7, 11) is 0. The molecule has 5 heteroatoms. The Morgan fingerprint density at radius 2 is 1.94 bits per heavy atom. The number of ketones is 1. The van der Waals surface area contributed by atoms with Gasteiger partial charge in [0.2, 0.25) is 0 Å². The van der Waals surface area contributed by atoms with Crippen LogP contribution >= 0.6 is 15.9 Å². The summed E-state index contributed by atoms with van der Waals surface area (Å²) in [4.78, 5) is 11.2. The molecule has 1 aromatic carbocycles. The number of aliphatic hydroxyl groups excluding tert-OH is 1. The minimum Gasteiger partial charge on any atom is -0.507 e. The van der Waals surface area contributed by atoms with Crippen molar-refractivity contribution < 1.29 is 15.1 Å². The first kappa shape index (κ1) is 12.4. The maximum Gasteiger partial charge on any atom is 0.165 e. The Balaban J connectivity index is 3.23. The number of Topliss-reactive ketones (excluding diaryl/α,β-unsaturated/α-hetero) is 1. The number of benzene rings is 1. The molecule has 4 nitrogen and oxygen atoms in total. The average Bonchev–Trinajstić information content (AvgIpc) is 2.25. The van der Waals surface area contributed by atoms with E-state index in [1.54, 1.807) is 24.3 Å². The Hall–Kier alpha value is -1.62. The van der Waals surface area contributed by atoms with E-state index in [1.165, 1.54) is 6.92 Å². The number of rotatable bonds is 3. The number of hydrogen-bond donors (Lipinski definition) is 2. The van der Waals surface area contributed by atoms with E-state index in [0.717, 1.165) is 10.7 Å². The van der Waals surface area contributed by atoms with Gasteiger partial charge in [0, 0.05) is 10.0 Å². The molecular formula is C11H10BrNO3. The zero-order valence-corrected chi connectivity index (χ0v) is 10.1. The third-order valence-corrected chi connectivity index (χ3v) is 2.47. The van der Waals surface area contributed by atoms with Crippen LogP contribution in [0.5, 0.6) is 0 Å². The van der Waals surface area contributed by atoms with Crippen LogP contribution in [0.3, 0.4) is 0 Å². The second-order valence-corrected chi connectivity index (χ2v) is 3.99. The average molecular weight is 284 g/mol. The molecule has 0 atom stereocenters. The van der Waals surface area contributed by atoms with Gasteiger partial charge in [-0.25, -0.2) is 0 Å². The molecule has 0 bridgehead atoms. The highest BCUT2D eigenvalue weighted by molar-refractivity contribution is 9.10. The van der Waals surface area contributed by atoms with Gasteiger partial charge in [-0.2, -0.15) is 0 Å². The number of allylic oxidation sites excluding steroid dienone is 1. The molecule has 0 saturated carbocycles. The van der Waals surface area contributed by atoms with Crippen molar-refractivity contribution >= 4 is 33.7 Å². The lowest BCUT2D eigenvalue weighted by Gasteiger charge is -2.03. The maximum absolute atomic E-state index is 11.2. The Morgan fingerprint density at radius 1 is 1.38 bits per heavy atom. The monoisotopic (exact) mass is 283 g/mol. The Kier molecular flexibility index (Phi) is 4.25. The van der Waals surface area contributed by atoms with Crippen molar-refractivity contribution in [3.05, 3.63) is 39.9 Å².